The number of fused-ring (bicyclic) bond motifs is 10. The molecule has 7 aromatic carbocycles. The van der Waals surface area contributed by atoms with Gasteiger partial charge < -0.3 is 4.90 Å². The Kier molecular flexibility index (Phi) is 5.18. The Morgan fingerprint density at radius 1 is 0.488 bits per heavy atom. The maximum Gasteiger partial charge on any atom is 0.0468 e. The summed E-state index contributed by atoms with van der Waals surface area (Å²) in [7, 11) is 0. The summed E-state index contributed by atoms with van der Waals surface area (Å²) in [5.74, 6) is 0. The van der Waals surface area contributed by atoms with Gasteiger partial charge in [0.2, 0.25) is 0 Å². The van der Waals surface area contributed by atoms with E-state index in [2.05, 4.69) is 158 Å². The third-order valence-electron chi connectivity index (χ3n) is 9.42. The lowest BCUT2D eigenvalue weighted by Crippen LogP contribution is -2.15. The molecule has 0 fully saturated rings. The van der Waals surface area contributed by atoms with Gasteiger partial charge in [0.1, 0.15) is 0 Å². The summed E-state index contributed by atoms with van der Waals surface area (Å²) >= 11 is 1.91. The second-order valence-corrected chi connectivity index (χ2v) is 13.2. The summed E-state index contributed by atoms with van der Waals surface area (Å²) in [5.41, 5.74) is 8.94. The third-order valence-corrected chi connectivity index (χ3v) is 10.6. The van der Waals surface area contributed by atoms with Crippen LogP contribution < -0.4 is 4.90 Å². The molecule has 0 radical (unpaired) electrons. The minimum atomic E-state index is -0.00995. The van der Waals surface area contributed by atoms with E-state index in [0.29, 0.717) is 0 Å². The molecule has 0 unspecified atom stereocenters. The number of anilines is 3. The van der Waals surface area contributed by atoms with Crippen molar-refractivity contribution in [1.29, 1.82) is 0 Å². The quantitative estimate of drug-likeness (QED) is 0.192. The van der Waals surface area contributed by atoms with Crippen molar-refractivity contribution in [2.45, 2.75) is 19.3 Å². The fraction of sp³-hybridized carbons (Fsp3) is 0.0732. The molecular formula is C41H29NS. The van der Waals surface area contributed by atoms with E-state index in [0.717, 1.165) is 11.4 Å². The zero-order valence-corrected chi connectivity index (χ0v) is 25.0. The molecule has 1 aliphatic carbocycles. The monoisotopic (exact) mass is 567 g/mol. The molecule has 1 heterocycles. The van der Waals surface area contributed by atoms with Crippen molar-refractivity contribution in [2.24, 2.45) is 0 Å². The lowest BCUT2D eigenvalue weighted by molar-refractivity contribution is 0.660. The van der Waals surface area contributed by atoms with Crippen molar-refractivity contribution in [3.8, 4) is 11.1 Å². The molecule has 8 aromatic rings. The summed E-state index contributed by atoms with van der Waals surface area (Å²) in [4.78, 5) is 2.40. The molecule has 1 aromatic heterocycles. The molecule has 0 saturated carbocycles. The predicted octanol–water partition coefficient (Wildman–Crippen LogP) is 12.1. The van der Waals surface area contributed by atoms with Gasteiger partial charge in [0.25, 0.3) is 0 Å². The van der Waals surface area contributed by atoms with Crippen LogP contribution in [0, 0.1) is 0 Å². The lowest BCUT2D eigenvalue weighted by Gasteiger charge is -2.27. The number of hydrogen-bond acceptors (Lipinski definition) is 2. The van der Waals surface area contributed by atoms with Gasteiger partial charge in [-0.05, 0) is 80.9 Å². The molecule has 0 bridgehead atoms. The number of hydrogen-bond donors (Lipinski definition) is 0. The molecule has 43 heavy (non-hydrogen) atoms. The maximum absolute atomic E-state index is 2.40. The zero-order valence-electron chi connectivity index (χ0n) is 24.1. The van der Waals surface area contributed by atoms with E-state index < -0.39 is 0 Å². The lowest BCUT2D eigenvalue weighted by atomic mass is 9.82. The van der Waals surface area contributed by atoms with Crippen LogP contribution in [0.15, 0.2) is 140 Å². The summed E-state index contributed by atoms with van der Waals surface area (Å²) in [6.45, 7) is 4.68. The van der Waals surface area contributed by atoms with Gasteiger partial charge in [-0.1, -0.05) is 111 Å². The first kappa shape index (κ1) is 24.7. The summed E-state index contributed by atoms with van der Waals surface area (Å²) in [5, 5.41) is 7.88. The first-order chi connectivity index (χ1) is 21.1. The van der Waals surface area contributed by atoms with Gasteiger partial charge in [0.15, 0.2) is 0 Å². The summed E-state index contributed by atoms with van der Waals surface area (Å²) in [6, 6.07) is 51.6. The molecule has 0 saturated heterocycles. The van der Waals surface area contributed by atoms with Crippen LogP contribution in [0.3, 0.4) is 0 Å². The van der Waals surface area contributed by atoms with Gasteiger partial charge in [-0.25, -0.2) is 0 Å². The van der Waals surface area contributed by atoms with E-state index in [1.54, 1.807) is 0 Å². The first-order valence-electron chi connectivity index (χ1n) is 14.9. The molecular weight excluding hydrogens is 539 g/mol. The molecule has 204 valence electrons. The van der Waals surface area contributed by atoms with Crippen molar-refractivity contribution >= 4 is 70.1 Å². The van der Waals surface area contributed by atoms with Crippen LogP contribution in [-0.2, 0) is 5.41 Å². The molecule has 1 nitrogen and oxygen atoms in total. The van der Waals surface area contributed by atoms with Gasteiger partial charge in [0.05, 0.1) is 0 Å². The highest BCUT2D eigenvalue weighted by atomic mass is 32.1. The van der Waals surface area contributed by atoms with E-state index in [9.17, 15) is 0 Å². The van der Waals surface area contributed by atoms with Crippen LogP contribution >= 0.6 is 11.3 Å². The Morgan fingerprint density at radius 2 is 1.16 bits per heavy atom. The van der Waals surface area contributed by atoms with Crippen LogP contribution in [0.5, 0.6) is 0 Å². The number of rotatable bonds is 3. The van der Waals surface area contributed by atoms with Crippen molar-refractivity contribution in [2.75, 3.05) is 4.90 Å². The van der Waals surface area contributed by atoms with Crippen LogP contribution in [0.2, 0.25) is 0 Å². The molecule has 2 heteroatoms. The average Bonchev–Trinajstić information content (AvgIpc) is 3.54. The maximum atomic E-state index is 2.40. The number of thiophene rings is 1. The number of benzene rings is 7. The van der Waals surface area contributed by atoms with Crippen molar-refractivity contribution in [3.63, 3.8) is 0 Å². The van der Waals surface area contributed by atoms with Crippen molar-refractivity contribution in [1.82, 2.24) is 0 Å². The van der Waals surface area contributed by atoms with E-state index in [1.807, 2.05) is 11.3 Å². The Bertz CT molecular complexity index is 2380. The largest absolute Gasteiger partial charge is 0.310 e. The third kappa shape index (κ3) is 3.57. The number of nitrogens with zero attached hydrogens (tertiary/aromatic N) is 1. The summed E-state index contributed by atoms with van der Waals surface area (Å²) < 4.78 is 2.71. The first-order valence-corrected chi connectivity index (χ1v) is 15.8. The fourth-order valence-corrected chi connectivity index (χ4v) is 8.60. The molecule has 9 rings (SSSR count). The van der Waals surface area contributed by atoms with E-state index in [-0.39, 0.29) is 5.41 Å². The number of para-hydroxylation sites is 1. The highest BCUT2D eigenvalue weighted by Gasteiger charge is 2.35. The molecule has 0 amide bonds. The second kappa shape index (κ2) is 9.04. The predicted molar refractivity (Wildman–Crippen MR) is 187 cm³/mol. The zero-order chi connectivity index (χ0) is 28.7. The van der Waals surface area contributed by atoms with E-state index >= 15 is 0 Å². The van der Waals surface area contributed by atoms with Crippen molar-refractivity contribution < 1.29 is 0 Å². The van der Waals surface area contributed by atoms with Gasteiger partial charge in [0, 0.05) is 48.0 Å². The standard InChI is InChI=1S/C41H29NS/c1-41(2)36-14-8-6-12-32(36)35-25-30(20-23-37(35)41)42(28-10-4-3-5-11-28)29-19-22-31-27(24-29)17-16-26-18-21-34-33-13-7-9-15-38(33)43-40(34)39(26)31/h3-25H,1-2H3. The molecule has 0 spiro atoms. The van der Waals surface area contributed by atoms with Gasteiger partial charge in [-0.2, -0.15) is 0 Å². The van der Waals surface area contributed by atoms with E-state index in [4.69, 9.17) is 0 Å². The van der Waals surface area contributed by atoms with Gasteiger partial charge >= 0.3 is 0 Å². The highest BCUT2D eigenvalue weighted by Crippen LogP contribution is 2.51. The molecule has 0 aliphatic heterocycles. The molecule has 1 aliphatic rings. The van der Waals surface area contributed by atoms with Crippen LogP contribution in [0.1, 0.15) is 25.0 Å². The minimum absolute atomic E-state index is 0.00995. The van der Waals surface area contributed by atoms with Crippen molar-refractivity contribution in [3.05, 3.63) is 151 Å². The van der Waals surface area contributed by atoms with E-state index in [1.165, 1.54) is 69.7 Å². The minimum Gasteiger partial charge on any atom is -0.310 e. The van der Waals surface area contributed by atoms with Gasteiger partial charge in [-0.15, -0.1) is 11.3 Å². The van der Waals surface area contributed by atoms with Crippen LogP contribution in [0.4, 0.5) is 17.1 Å². The Morgan fingerprint density at radius 3 is 2.07 bits per heavy atom. The van der Waals surface area contributed by atoms with Crippen LogP contribution in [-0.4, -0.2) is 0 Å². The average molecular weight is 568 g/mol. The topological polar surface area (TPSA) is 3.24 Å². The second-order valence-electron chi connectivity index (χ2n) is 12.2. The molecule has 0 atom stereocenters. The SMILES string of the molecule is CC1(C)c2ccccc2-c2cc(N(c3ccccc3)c3ccc4c(ccc5ccc6c7ccccc7sc6c54)c3)ccc21. The Labute approximate surface area is 255 Å². The normalized spacial score (nSPS) is 13.5. The van der Waals surface area contributed by atoms with Crippen LogP contribution in [0.25, 0.3) is 52.8 Å². The summed E-state index contributed by atoms with van der Waals surface area (Å²) in [6.07, 6.45) is 0. The fourth-order valence-electron chi connectivity index (χ4n) is 7.33. The molecule has 0 N–H and O–H groups in total. The van der Waals surface area contributed by atoms with Gasteiger partial charge in [-0.3, -0.25) is 0 Å². The Balaban J connectivity index is 1.26. The highest BCUT2D eigenvalue weighted by molar-refractivity contribution is 7.26. The Hall–Kier alpha value is -4.92. The smallest absolute Gasteiger partial charge is 0.0468 e.